The summed E-state index contributed by atoms with van der Waals surface area (Å²) < 4.78 is 5.58. The third-order valence-electron chi connectivity index (χ3n) is 8.67. The van der Waals surface area contributed by atoms with Crippen LogP contribution in [0.15, 0.2) is 42.5 Å². The molecular formula is C32H42O5. The summed E-state index contributed by atoms with van der Waals surface area (Å²) >= 11 is 0. The van der Waals surface area contributed by atoms with Crippen LogP contribution in [0.3, 0.4) is 0 Å². The molecule has 200 valence electrons. The lowest BCUT2D eigenvalue weighted by Crippen LogP contribution is -2.28. The number of carboxylic acid groups (broad SMARTS) is 1. The highest BCUT2D eigenvalue weighted by atomic mass is 16.5. The van der Waals surface area contributed by atoms with E-state index in [4.69, 9.17) is 9.84 Å². The van der Waals surface area contributed by atoms with E-state index in [2.05, 4.69) is 13.0 Å². The molecule has 5 atom stereocenters. The first-order valence-corrected chi connectivity index (χ1v) is 14.1. The Morgan fingerprint density at radius 2 is 1.84 bits per heavy atom. The Balaban J connectivity index is 1.41. The van der Waals surface area contributed by atoms with Crippen molar-refractivity contribution in [3.8, 4) is 5.75 Å². The van der Waals surface area contributed by atoms with Crippen LogP contribution in [0.1, 0.15) is 85.3 Å². The SMILES string of the molecule is CCCCC[C@@H](CC[C@@H]1[C@H]2Cc3cccc(OCC(=O)O)c3C[C@H]2C[C@H]1O)CC(=O)c1ccc(C)cc1. The molecule has 0 unspecified atom stereocenters. The summed E-state index contributed by atoms with van der Waals surface area (Å²) in [4.78, 5) is 24.1. The minimum Gasteiger partial charge on any atom is -0.482 e. The zero-order valence-electron chi connectivity index (χ0n) is 22.3. The van der Waals surface area contributed by atoms with Crippen LogP contribution in [0.5, 0.6) is 5.75 Å². The van der Waals surface area contributed by atoms with Gasteiger partial charge in [0.05, 0.1) is 6.10 Å². The summed E-state index contributed by atoms with van der Waals surface area (Å²) in [6.45, 7) is 3.91. The van der Waals surface area contributed by atoms with Crippen molar-refractivity contribution >= 4 is 11.8 Å². The Kier molecular flexibility index (Phi) is 9.42. The average molecular weight is 507 g/mol. The number of ether oxygens (including phenoxy) is 1. The summed E-state index contributed by atoms with van der Waals surface area (Å²) in [6.07, 6.45) is 9.26. The molecule has 0 saturated heterocycles. The molecule has 37 heavy (non-hydrogen) atoms. The maximum absolute atomic E-state index is 13.1. The molecule has 1 saturated carbocycles. The lowest BCUT2D eigenvalue weighted by Gasteiger charge is -2.33. The number of hydrogen-bond donors (Lipinski definition) is 2. The Morgan fingerprint density at radius 1 is 1.05 bits per heavy atom. The zero-order chi connectivity index (χ0) is 26.4. The molecule has 2 aromatic rings. The molecule has 0 spiro atoms. The largest absolute Gasteiger partial charge is 0.482 e. The number of ketones is 1. The second-order valence-electron chi connectivity index (χ2n) is 11.3. The molecule has 0 radical (unpaired) electrons. The number of benzene rings is 2. The van der Waals surface area contributed by atoms with Crippen LogP contribution < -0.4 is 4.74 Å². The van der Waals surface area contributed by atoms with Crippen molar-refractivity contribution in [2.45, 2.75) is 84.2 Å². The van der Waals surface area contributed by atoms with Gasteiger partial charge in [-0.2, -0.15) is 0 Å². The highest BCUT2D eigenvalue weighted by molar-refractivity contribution is 5.96. The fourth-order valence-electron chi connectivity index (χ4n) is 6.66. The summed E-state index contributed by atoms with van der Waals surface area (Å²) in [5.74, 6) is 1.31. The lowest BCUT2D eigenvalue weighted by atomic mass is 9.73. The van der Waals surface area contributed by atoms with Crippen LogP contribution in [0.25, 0.3) is 0 Å². The maximum atomic E-state index is 13.1. The average Bonchev–Trinajstić information content (AvgIpc) is 3.18. The number of hydrogen-bond acceptors (Lipinski definition) is 4. The van der Waals surface area contributed by atoms with Crippen molar-refractivity contribution in [2.75, 3.05) is 6.61 Å². The molecule has 2 aliphatic rings. The molecule has 0 amide bonds. The number of aliphatic carboxylic acids is 1. The topological polar surface area (TPSA) is 83.8 Å². The van der Waals surface area contributed by atoms with Crippen LogP contribution in [0.4, 0.5) is 0 Å². The predicted octanol–water partition coefficient (Wildman–Crippen LogP) is 6.42. The van der Waals surface area contributed by atoms with Crippen molar-refractivity contribution in [1.82, 2.24) is 0 Å². The molecule has 0 bridgehead atoms. The third kappa shape index (κ3) is 7.01. The molecule has 0 aliphatic heterocycles. The number of aryl methyl sites for hydroxylation is 1. The van der Waals surface area contributed by atoms with Gasteiger partial charge in [-0.25, -0.2) is 4.79 Å². The minimum atomic E-state index is -0.975. The fourth-order valence-corrected chi connectivity index (χ4v) is 6.66. The number of aliphatic hydroxyl groups is 1. The van der Waals surface area contributed by atoms with Crippen LogP contribution in [0, 0.1) is 30.6 Å². The number of carboxylic acids is 1. The van der Waals surface area contributed by atoms with Gasteiger partial charge in [-0.3, -0.25) is 4.79 Å². The van der Waals surface area contributed by atoms with Crippen molar-refractivity contribution in [3.63, 3.8) is 0 Å². The third-order valence-corrected chi connectivity index (χ3v) is 8.67. The molecule has 2 aromatic carbocycles. The molecule has 0 heterocycles. The first kappa shape index (κ1) is 27.4. The number of carbonyl (C=O) groups is 2. The number of Topliss-reactive ketones (excluding diaryl/α,β-unsaturated/α-hetero) is 1. The van der Waals surface area contributed by atoms with Crippen LogP contribution >= 0.6 is 0 Å². The van der Waals surface area contributed by atoms with E-state index in [1.165, 1.54) is 18.4 Å². The lowest BCUT2D eigenvalue weighted by molar-refractivity contribution is -0.139. The van der Waals surface area contributed by atoms with E-state index in [0.29, 0.717) is 29.9 Å². The number of carbonyl (C=O) groups excluding carboxylic acids is 1. The van der Waals surface area contributed by atoms with Gasteiger partial charge in [-0.15, -0.1) is 0 Å². The quantitative estimate of drug-likeness (QED) is 0.242. The normalized spacial score (nSPS) is 23.2. The standard InChI is InChI=1S/C32H42O5/c1-3-4-5-7-22(16-29(33)23-13-10-21(2)11-14-23)12-15-26-27-17-24-8-6-9-31(37-20-32(35)36)28(24)18-25(27)19-30(26)34/h6,8-11,13-14,22,25-27,30,34H,3-5,7,12,15-20H2,1-2H3,(H,35,36)/t22-,25-,26+,27-,30+/m0/s1. The van der Waals surface area contributed by atoms with Crippen molar-refractivity contribution < 1.29 is 24.5 Å². The van der Waals surface area contributed by atoms with Gasteiger partial charge >= 0.3 is 5.97 Å². The zero-order valence-corrected chi connectivity index (χ0v) is 22.3. The molecule has 1 fully saturated rings. The highest BCUT2D eigenvalue weighted by Crippen LogP contribution is 2.48. The molecule has 5 nitrogen and oxygen atoms in total. The highest BCUT2D eigenvalue weighted by Gasteiger charge is 2.45. The van der Waals surface area contributed by atoms with Crippen LogP contribution in [0.2, 0.25) is 0 Å². The number of aliphatic hydroxyl groups excluding tert-OH is 1. The van der Waals surface area contributed by atoms with E-state index >= 15 is 0 Å². The predicted molar refractivity (Wildman–Crippen MR) is 145 cm³/mol. The first-order chi connectivity index (χ1) is 17.9. The van der Waals surface area contributed by atoms with Gasteiger partial charge in [-0.05, 0) is 79.9 Å². The monoisotopic (exact) mass is 506 g/mol. The Morgan fingerprint density at radius 3 is 2.57 bits per heavy atom. The fraction of sp³-hybridized carbons (Fsp3) is 0.562. The minimum absolute atomic E-state index is 0.229. The van der Waals surface area contributed by atoms with Crippen LogP contribution in [-0.4, -0.2) is 34.7 Å². The second-order valence-corrected chi connectivity index (χ2v) is 11.3. The molecule has 5 heteroatoms. The van der Waals surface area contributed by atoms with E-state index in [0.717, 1.165) is 61.6 Å². The van der Waals surface area contributed by atoms with E-state index in [1.54, 1.807) is 0 Å². The Hall–Kier alpha value is -2.66. The van der Waals surface area contributed by atoms with Gasteiger partial charge in [0.15, 0.2) is 12.4 Å². The van der Waals surface area contributed by atoms with Crippen molar-refractivity contribution in [2.24, 2.45) is 23.7 Å². The van der Waals surface area contributed by atoms with E-state index in [9.17, 15) is 14.7 Å². The number of rotatable bonds is 13. The first-order valence-electron chi connectivity index (χ1n) is 14.1. The summed E-state index contributed by atoms with van der Waals surface area (Å²) in [5, 5.41) is 20.1. The smallest absolute Gasteiger partial charge is 0.341 e. The molecule has 4 rings (SSSR count). The van der Waals surface area contributed by atoms with Gasteiger partial charge in [0.1, 0.15) is 5.75 Å². The number of fused-ring (bicyclic) bond motifs is 2. The molecule has 2 aliphatic carbocycles. The van der Waals surface area contributed by atoms with Gasteiger partial charge in [-0.1, -0.05) is 74.6 Å². The molecule has 0 aromatic heterocycles. The van der Waals surface area contributed by atoms with Gasteiger partial charge in [0, 0.05) is 12.0 Å². The van der Waals surface area contributed by atoms with E-state index in [-0.39, 0.29) is 24.4 Å². The maximum Gasteiger partial charge on any atom is 0.341 e. The number of unbranched alkanes of at least 4 members (excludes halogenated alkanes) is 2. The summed E-state index contributed by atoms with van der Waals surface area (Å²) in [6, 6.07) is 13.8. The van der Waals surface area contributed by atoms with Gasteiger partial charge < -0.3 is 14.9 Å². The summed E-state index contributed by atoms with van der Waals surface area (Å²) in [5.41, 5.74) is 4.29. The van der Waals surface area contributed by atoms with Crippen molar-refractivity contribution in [3.05, 3.63) is 64.7 Å². The Bertz CT molecular complexity index is 1060. The summed E-state index contributed by atoms with van der Waals surface area (Å²) in [7, 11) is 0. The van der Waals surface area contributed by atoms with Gasteiger partial charge in [0.25, 0.3) is 0 Å². The molecule has 2 N–H and O–H groups in total. The van der Waals surface area contributed by atoms with Gasteiger partial charge in [0.2, 0.25) is 0 Å². The molecular weight excluding hydrogens is 464 g/mol. The second kappa shape index (κ2) is 12.7. The van der Waals surface area contributed by atoms with E-state index in [1.807, 2.05) is 43.3 Å². The Labute approximate surface area is 221 Å². The van der Waals surface area contributed by atoms with Crippen LogP contribution in [-0.2, 0) is 17.6 Å². The van der Waals surface area contributed by atoms with Crippen molar-refractivity contribution in [1.29, 1.82) is 0 Å². The van der Waals surface area contributed by atoms with E-state index < -0.39 is 5.97 Å².